The van der Waals surface area contributed by atoms with Crippen LogP contribution in [0.2, 0.25) is 0 Å². The van der Waals surface area contributed by atoms with E-state index in [1.165, 1.54) is 32.7 Å². The molecule has 0 spiro atoms. The van der Waals surface area contributed by atoms with Crippen molar-refractivity contribution in [3.63, 3.8) is 0 Å². The molecule has 2 aromatic carbocycles. The fourth-order valence-electron chi connectivity index (χ4n) is 5.73. The van der Waals surface area contributed by atoms with Gasteiger partial charge in [-0.15, -0.1) is 0 Å². The van der Waals surface area contributed by atoms with E-state index < -0.39 is 23.4 Å². The van der Waals surface area contributed by atoms with Gasteiger partial charge in [-0.3, -0.25) is 9.78 Å². The maximum atomic E-state index is 15.6. The maximum Gasteiger partial charge on any atom is 0.406 e. The van der Waals surface area contributed by atoms with E-state index in [1.807, 2.05) is 31.3 Å². The Morgan fingerprint density at radius 2 is 1.95 bits per heavy atom. The van der Waals surface area contributed by atoms with E-state index in [9.17, 15) is 14.7 Å². The number of carbonyl (C=O) groups excluding carboxylic acids is 2. The minimum absolute atomic E-state index is 0.109. The zero-order valence-electron chi connectivity index (χ0n) is 24.4. The Morgan fingerprint density at radius 1 is 1.17 bits per heavy atom. The lowest BCUT2D eigenvalue weighted by Gasteiger charge is -2.43. The molecule has 4 rings (SSSR count). The standard InChI is InChI=1S/C32H39FN4O5/c1-34-18-22-10-12-23(13-11-22)30(38)37-16-5-7-25(21-37)32(40,14-6-15-36-31(39)42-3)27-8-4-9-28(33)29(27)24-17-26(41-2)20-35-19-24/h4,8-13,17,19-20,25,34,40H,5-7,14-16,18,21H2,1-3H3,(H,36,39). The van der Waals surface area contributed by atoms with Crippen LogP contribution in [0.1, 0.15) is 47.2 Å². The monoisotopic (exact) mass is 578 g/mol. The number of pyridine rings is 1. The van der Waals surface area contributed by atoms with Crippen molar-refractivity contribution in [3.8, 4) is 16.9 Å². The highest BCUT2D eigenvalue weighted by molar-refractivity contribution is 5.94. The van der Waals surface area contributed by atoms with Gasteiger partial charge in [0.25, 0.3) is 5.91 Å². The van der Waals surface area contributed by atoms with Crippen LogP contribution in [0, 0.1) is 11.7 Å². The molecule has 2 unspecified atom stereocenters. The molecule has 0 radical (unpaired) electrons. The van der Waals surface area contributed by atoms with Gasteiger partial charge in [-0.05, 0) is 68.1 Å². The van der Waals surface area contributed by atoms with Crippen molar-refractivity contribution < 1.29 is 28.6 Å². The van der Waals surface area contributed by atoms with Crippen LogP contribution in [0.15, 0.2) is 60.9 Å². The fourth-order valence-corrected chi connectivity index (χ4v) is 5.73. The number of nitrogens with one attached hydrogen (secondary N) is 2. The predicted molar refractivity (Wildman–Crippen MR) is 158 cm³/mol. The molecule has 42 heavy (non-hydrogen) atoms. The van der Waals surface area contributed by atoms with Crippen molar-refractivity contribution in [3.05, 3.63) is 83.4 Å². The van der Waals surface area contributed by atoms with Gasteiger partial charge in [-0.2, -0.15) is 0 Å². The van der Waals surface area contributed by atoms with Gasteiger partial charge in [-0.25, -0.2) is 9.18 Å². The fraction of sp³-hybridized carbons (Fsp3) is 0.406. The average molecular weight is 579 g/mol. The summed E-state index contributed by atoms with van der Waals surface area (Å²) in [6, 6.07) is 13.8. The van der Waals surface area contributed by atoms with Crippen molar-refractivity contribution in [1.82, 2.24) is 20.5 Å². The second-order valence-electron chi connectivity index (χ2n) is 10.5. The summed E-state index contributed by atoms with van der Waals surface area (Å²) in [4.78, 5) is 31.2. The van der Waals surface area contributed by atoms with E-state index in [0.29, 0.717) is 61.3 Å². The number of hydrogen-bond donors (Lipinski definition) is 3. The van der Waals surface area contributed by atoms with Crippen LogP contribution >= 0.6 is 0 Å². The van der Waals surface area contributed by atoms with Crippen LogP contribution in [0.3, 0.4) is 0 Å². The number of nitrogens with zero attached hydrogens (tertiary/aromatic N) is 2. The zero-order valence-corrected chi connectivity index (χ0v) is 24.4. The minimum Gasteiger partial charge on any atom is -0.495 e. The molecule has 2 amide bonds. The number of alkyl carbamates (subject to hydrolysis) is 1. The molecule has 2 atom stereocenters. The van der Waals surface area contributed by atoms with Crippen LogP contribution < -0.4 is 15.4 Å². The Labute approximate surface area is 246 Å². The quantitative estimate of drug-likeness (QED) is 0.287. The van der Waals surface area contributed by atoms with Crippen LogP contribution in [0.4, 0.5) is 9.18 Å². The number of benzene rings is 2. The highest BCUT2D eigenvalue weighted by Gasteiger charge is 2.43. The van der Waals surface area contributed by atoms with Crippen LogP contribution in [-0.4, -0.2) is 67.9 Å². The summed E-state index contributed by atoms with van der Waals surface area (Å²) < 4.78 is 25.6. The molecule has 1 aliphatic heterocycles. The third kappa shape index (κ3) is 7.06. The van der Waals surface area contributed by atoms with Gasteiger partial charge in [0, 0.05) is 55.0 Å². The Hall–Kier alpha value is -4.02. The van der Waals surface area contributed by atoms with Crippen LogP contribution in [-0.2, 0) is 16.9 Å². The van der Waals surface area contributed by atoms with Crippen LogP contribution in [0.5, 0.6) is 5.75 Å². The van der Waals surface area contributed by atoms with E-state index in [2.05, 4.69) is 20.4 Å². The summed E-state index contributed by atoms with van der Waals surface area (Å²) in [5, 5.41) is 18.3. The number of hydrogen-bond acceptors (Lipinski definition) is 7. The number of ether oxygens (including phenoxy) is 2. The number of carbonyl (C=O) groups is 2. The Bertz CT molecular complexity index is 1370. The Kier molecular flexibility index (Phi) is 10.5. The first-order valence-electron chi connectivity index (χ1n) is 14.2. The molecule has 3 N–H and O–H groups in total. The second kappa shape index (κ2) is 14.2. The number of aromatic nitrogens is 1. The number of piperidine rings is 1. The number of rotatable bonds is 11. The van der Waals surface area contributed by atoms with Gasteiger partial charge < -0.3 is 30.1 Å². The summed E-state index contributed by atoms with van der Waals surface area (Å²) in [5.41, 5.74) is 1.25. The molecule has 2 heterocycles. The SMILES string of the molecule is CNCc1ccc(C(=O)N2CCCC(C(O)(CCCNC(=O)OC)c3cccc(F)c3-c3cncc(OC)c3)C2)cc1. The van der Waals surface area contributed by atoms with Crippen molar-refractivity contribution in [2.45, 2.75) is 37.8 Å². The highest BCUT2D eigenvalue weighted by atomic mass is 19.1. The normalized spacial score (nSPS) is 16.4. The Balaban J connectivity index is 1.69. The molecular weight excluding hydrogens is 539 g/mol. The number of halogens is 1. The first-order chi connectivity index (χ1) is 20.3. The summed E-state index contributed by atoms with van der Waals surface area (Å²) >= 11 is 0. The van der Waals surface area contributed by atoms with Gasteiger partial charge in [0.05, 0.1) is 26.0 Å². The summed E-state index contributed by atoms with van der Waals surface area (Å²) in [6.45, 7) is 1.82. The third-order valence-corrected chi connectivity index (χ3v) is 7.87. The highest BCUT2D eigenvalue weighted by Crippen LogP contribution is 2.44. The molecule has 0 aliphatic carbocycles. The lowest BCUT2D eigenvalue weighted by Crippen LogP contribution is -2.48. The number of aliphatic hydroxyl groups is 1. The summed E-state index contributed by atoms with van der Waals surface area (Å²) in [5.74, 6) is -0.542. The molecule has 0 bridgehead atoms. The van der Waals surface area contributed by atoms with Gasteiger partial charge >= 0.3 is 6.09 Å². The van der Waals surface area contributed by atoms with Crippen molar-refractivity contribution in [2.75, 3.05) is 40.9 Å². The molecule has 1 fully saturated rings. The molecule has 10 heteroatoms. The largest absolute Gasteiger partial charge is 0.495 e. The van der Waals surface area contributed by atoms with Crippen molar-refractivity contribution in [2.24, 2.45) is 5.92 Å². The van der Waals surface area contributed by atoms with E-state index in [-0.39, 0.29) is 24.4 Å². The smallest absolute Gasteiger partial charge is 0.406 e. The van der Waals surface area contributed by atoms with Gasteiger partial charge in [0.15, 0.2) is 0 Å². The molecule has 224 valence electrons. The molecule has 1 aromatic heterocycles. The Morgan fingerprint density at radius 3 is 2.67 bits per heavy atom. The third-order valence-electron chi connectivity index (χ3n) is 7.87. The maximum absolute atomic E-state index is 15.6. The second-order valence-corrected chi connectivity index (χ2v) is 10.5. The van der Waals surface area contributed by atoms with E-state index >= 15 is 4.39 Å². The van der Waals surface area contributed by atoms with E-state index in [1.54, 1.807) is 23.1 Å². The molecular formula is C32H39FN4O5. The van der Waals surface area contributed by atoms with Crippen molar-refractivity contribution in [1.29, 1.82) is 0 Å². The molecule has 9 nitrogen and oxygen atoms in total. The number of likely N-dealkylation sites (tertiary alicyclic amines) is 1. The average Bonchev–Trinajstić information content (AvgIpc) is 3.03. The van der Waals surface area contributed by atoms with Gasteiger partial charge in [0.2, 0.25) is 0 Å². The lowest BCUT2D eigenvalue weighted by molar-refractivity contribution is -0.0564. The molecule has 0 saturated carbocycles. The van der Waals surface area contributed by atoms with E-state index in [0.717, 1.165) is 5.56 Å². The first-order valence-corrected chi connectivity index (χ1v) is 14.2. The number of amides is 2. The van der Waals surface area contributed by atoms with Gasteiger partial charge in [-0.1, -0.05) is 24.3 Å². The zero-order chi connectivity index (χ0) is 30.1. The topological polar surface area (TPSA) is 113 Å². The molecule has 3 aromatic rings. The first kappa shape index (κ1) is 30.9. The van der Waals surface area contributed by atoms with E-state index in [4.69, 9.17) is 4.74 Å². The summed E-state index contributed by atoms with van der Waals surface area (Å²) in [6.07, 6.45) is 4.44. The van der Waals surface area contributed by atoms with Crippen molar-refractivity contribution >= 4 is 12.0 Å². The molecule has 1 aliphatic rings. The number of methoxy groups -OCH3 is 2. The summed E-state index contributed by atoms with van der Waals surface area (Å²) in [7, 11) is 4.67. The minimum atomic E-state index is -1.52. The van der Waals surface area contributed by atoms with Gasteiger partial charge in [0.1, 0.15) is 11.6 Å². The lowest BCUT2D eigenvalue weighted by atomic mass is 9.72. The predicted octanol–water partition coefficient (Wildman–Crippen LogP) is 4.49. The molecule has 1 saturated heterocycles. The van der Waals surface area contributed by atoms with Crippen LogP contribution in [0.25, 0.3) is 11.1 Å².